The van der Waals surface area contributed by atoms with Gasteiger partial charge in [-0.25, -0.2) is 4.79 Å². The maximum atomic E-state index is 11.8. The Hall–Kier alpha value is -2.12. The van der Waals surface area contributed by atoms with Gasteiger partial charge >= 0.3 is 6.09 Å². The van der Waals surface area contributed by atoms with Crippen molar-refractivity contribution in [1.82, 2.24) is 20.4 Å². The number of rotatable bonds is 4. The molecule has 1 aromatic heterocycles. The number of alkyl carbamates (subject to hydrolysis) is 1. The number of likely N-dealkylation sites (N-methyl/N-ethyl adjacent to an activating group) is 1. The van der Waals surface area contributed by atoms with E-state index >= 15 is 0 Å². The molecule has 0 saturated carbocycles. The van der Waals surface area contributed by atoms with E-state index in [4.69, 9.17) is 0 Å². The van der Waals surface area contributed by atoms with Crippen LogP contribution in [0.5, 0.6) is 0 Å². The number of ether oxygens (including phenoxy) is 1. The van der Waals surface area contributed by atoms with E-state index in [0.717, 1.165) is 0 Å². The predicted molar refractivity (Wildman–Crippen MR) is 55.8 cm³/mol. The standard InChI is InChI=1S/C9H14N4O4/c1-6(11-9(15)16-3)8(14)13(2)4-7-10-5-17-12-7/h5-6H,4H2,1-3H3,(H,11,15). The van der Waals surface area contributed by atoms with E-state index in [1.54, 1.807) is 14.0 Å². The van der Waals surface area contributed by atoms with Gasteiger partial charge < -0.3 is 19.5 Å². The summed E-state index contributed by atoms with van der Waals surface area (Å²) >= 11 is 0. The summed E-state index contributed by atoms with van der Waals surface area (Å²) in [6.07, 6.45) is 0.530. The molecule has 1 N–H and O–H groups in total. The molecule has 0 radical (unpaired) electrons. The van der Waals surface area contributed by atoms with E-state index in [0.29, 0.717) is 5.82 Å². The van der Waals surface area contributed by atoms with Gasteiger partial charge in [-0.3, -0.25) is 4.79 Å². The average molecular weight is 242 g/mol. The Morgan fingerprint density at radius 3 is 2.88 bits per heavy atom. The van der Waals surface area contributed by atoms with Gasteiger partial charge in [-0.05, 0) is 6.92 Å². The van der Waals surface area contributed by atoms with Crippen molar-refractivity contribution in [3.8, 4) is 0 Å². The number of aromatic nitrogens is 2. The van der Waals surface area contributed by atoms with Crippen LogP contribution in [0.3, 0.4) is 0 Å². The third-order valence-electron chi connectivity index (χ3n) is 2.05. The normalized spacial score (nSPS) is 11.7. The van der Waals surface area contributed by atoms with Crippen LogP contribution in [0.1, 0.15) is 12.7 Å². The van der Waals surface area contributed by atoms with Gasteiger partial charge in [0.15, 0.2) is 5.82 Å². The molecule has 0 aliphatic carbocycles. The van der Waals surface area contributed by atoms with Crippen LogP contribution in [-0.2, 0) is 16.1 Å². The Morgan fingerprint density at radius 1 is 1.65 bits per heavy atom. The molecule has 17 heavy (non-hydrogen) atoms. The zero-order valence-electron chi connectivity index (χ0n) is 9.84. The minimum Gasteiger partial charge on any atom is -0.453 e. The molecule has 0 spiro atoms. The summed E-state index contributed by atoms with van der Waals surface area (Å²) in [6, 6.07) is -0.681. The summed E-state index contributed by atoms with van der Waals surface area (Å²) < 4.78 is 8.94. The number of hydrogen-bond donors (Lipinski definition) is 1. The van der Waals surface area contributed by atoms with E-state index in [9.17, 15) is 9.59 Å². The Morgan fingerprint density at radius 2 is 2.35 bits per heavy atom. The van der Waals surface area contributed by atoms with Crippen molar-refractivity contribution in [1.29, 1.82) is 0 Å². The van der Waals surface area contributed by atoms with Crippen LogP contribution in [0, 0.1) is 0 Å². The van der Waals surface area contributed by atoms with Crippen molar-refractivity contribution < 1.29 is 18.8 Å². The molecule has 1 heterocycles. The summed E-state index contributed by atoms with van der Waals surface area (Å²) in [5.74, 6) is 0.117. The third-order valence-corrected chi connectivity index (χ3v) is 2.05. The summed E-state index contributed by atoms with van der Waals surface area (Å²) in [7, 11) is 2.81. The number of nitrogens with one attached hydrogen (secondary N) is 1. The second-order valence-electron chi connectivity index (χ2n) is 3.40. The molecule has 8 nitrogen and oxygen atoms in total. The van der Waals surface area contributed by atoms with E-state index in [2.05, 4.69) is 24.7 Å². The SMILES string of the molecule is COC(=O)NC(C)C(=O)N(C)Cc1ncon1. The van der Waals surface area contributed by atoms with Crippen LogP contribution in [0.15, 0.2) is 10.9 Å². The average Bonchev–Trinajstić information content (AvgIpc) is 2.80. The quantitative estimate of drug-likeness (QED) is 0.783. The Kier molecular flexibility index (Phi) is 4.44. The van der Waals surface area contributed by atoms with Crippen LogP contribution in [0.25, 0.3) is 0 Å². The van der Waals surface area contributed by atoms with E-state index in [1.165, 1.54) is 18.4 Å². The lowest BCUT2D eigenvalue weighted by atomic mass is 10.3. The first-order chi connectivity index (χ1) is 8.04. The van der Waals surface area contributed by atoms with E-state index < -0.39 is 12.1 Å². The molecular formula is C9H14N4O4. The summed E-state index contributed by atoms with van der Waals surface area (Å²) in [5, 5.41) is 5.96. The van der Waals surface area contributed by atoms with Crippen LogP contribution in [0.4, 0.5) is 4.79 Å². The molecule has 0 bridgehead atoms. The summed E-state index contributed by atoms with van der Waals surface area (Å²) in [4.78, 5) is 27.9. The molecule has 8 heteroatoms. The van der Waals surface area contributed by atoms with Crippen molar-refractivity contribution in [2.45, 2.75) is 19.5 Å². The molecule has 1 atom stereocenters. The highest BCUT2D eigenvalue weighted by atomic mass is 16.5. The fraction of sp³-hybridized carbons (Fsp3) is 0.556. The minimum atomic E-state index is -0.681. The fourth-order valence-corrected chi connectivity index (χ4v) is 1.18. The zero-order chi connectivity index (χ0) is 12.8. The first-order valence-corrected chi connectivity index (χ1v) is 4.89. The number of hydrogen-bond acceptors (Lipinski definition) is 6. The number of carbonyl (C=O) groups excluding carboxylic acids is 2. The minimum absolute atomic E-state index is 0.211. The molecule has 0 saturated heterocycles. The van der Waals surface area contributed by atoms with Gasteiger partial charge in [0.05, 0.1) is 13.7 Å². The van der Waals surface area contributed by atoms with Gasteiger partial charge in [-0.15, -0.1) is 0 Å². The predicted octanol–water partition coefficient (Wildman–Crippen LogP) is -0.228. The lowest BCUT2D eigenvalue weighted by Crippen LogP contribution is -2.45. The van der Waals surface area contributed by atoms with Crippen molar-refractivity contribution in [3.05, 3.63) is 12.2 Å². The van der Waals surface area contributed by atoms with E-state index in [1.807, 2.05) is 0 Å². The number of nitrogens with zero attached hydrogens (tertiary/aromatic N) is 3. The highest BCUT2D eigenvalue weighted by Gasteiger charge is 2.20. The summed E-state index contributed by atoms with van der Waals surface area (Å²) in [5.41, 5.74) is 0. The monoisotopic (exact) mass is 242 g/mol. The van der Waals surface area contributed by atoms with Crippen molar-refractivity contribution in [3.63, 3.8) is 0 Å². The van der Waals surface area contributed by atoms with Gasteiger partial charge in [0.1, 0.15) is 6.04 Å². The van der Waals surface area contributed by atoms with Crippen LogP contribution in [0.2, 0.25) is 0 Å². The highest BCUT2D eigenvalue weighted by molar-refractivity contribution is 5.84. The van der Waals surface area contributed by atoms with Crippen molar-refractivity contribution >= 4 is 12.0 Å². The van der Waals surface area contributed by atoms with Gasteiger partial charge in [-0.2, -0.15) is 4.98 Å². The molecular weight excluding hydrogens is 228 g/mol. The van der Waals surface area contributed by atoms with Crippen LogP contribution in [-0.4, -0.2) is 47.2 Å². The topological polar surface area (TPSA) is 97.6 Å². The first kappa shape index (κ1) is 12.9. The molecule has 1 aromatic rings. The smallest absolute Gasteiger partial charge is 0.407 e. The molecule has 94 valence electrons. The lowest BCUT2D eigenvalue weighted by Gasteiger charge is -2.20. The Bertz CT molecular complexity index is 378. The largest absolute Gasteiger partial charge is 0.453 e. The molecule has 1 unspecified atom stereocenters. The molecule has 0 fully saturated rings. The molecule has 0 aliphatic rings. The Balaban J connectivity index is 2.48. The number of methoxy groups -OCH3 is 1. The third kappa shape index (κ3) is 3.74. The molecule has 0 aliphatic heterocycles. The van der Waals surface area contributed by atoms with Gasteiger partial charge in [0.25, 0.3) is 0 Å². The number of amides is 2. The molecule has 2 amide bonds. The second kappa shape index (κ2) is 5.83. The number of carbonyl (C=O) groups is 2. The zero-order valence-corrected chi connectivity index (χ0v) is 9.84. The van der Waals surface area contributed by atoms with E-state index in [-0.39, 0.29) is 12.5 Å². The van der Waals surface area contributed by atoms with Crippen molar-refractivity contribution in [2.24, 2.45) is 0 Å². The van der Waals surface area contributed by atoms with Gasteiger partial charge in [0.2, 0.25) is 12.3 Å². The van der Waals surface area contributed by atoms with Gasteiger partial charge in [0, 0.05) is 7.05 Å². The second-order valence-corrected chi connectivity index (χ2v) is 3.40. The van der Waals surface area contributed by atoms with Crippen LogP contribution < -0.4 is 5.32 Å². The fourth-order valence-electron chi connectivity index (χ4n) is 1.18. The van der Waals surface area contributed by atoms with Crippen molar-refractivity contribution in [2.75, 3.05) is 14.2 Å². The van der Waals surface area contributed by atoms with Crippen LogP contribution >= 0.6 is 0 Å². The first-order valence-electron chi connectivity index (χ1n) is 4.89. The highest BCUT2D eigenvalue weighted by Crippen LogP contribution is 1.99. The molecule has 1 rings (SSSR count). The molecule has 0 aromatic carbocycles. The maximum absolute atomic E-state index is 11.8. The van der Waals surface area contributed by atoms with Gasteiger partial charge in [-0.1, -0.05) is 5.16 Å². The maximum Gasteiger partial charge on any atom is 0.407 e. The lowest BCUT2D eigenvalue weighted by molar-refractivity contribution is -0.132. The Labute approximate surface area is 97.9 Å². The summed E-state index contributed by atoms with van der Waals surface area (Å²) in [6.45, 7) is 1.77.